The van der Waals surface area contributed by atoms with Crippen LogP contribution in [0.25, 0.3) is 0 Å². The molecule has 1 amide bonds. The third-order valence-corrected chi connectivity index (χ3v) is 12.7. The van der Waals surface area contributed by atoms with Gasteiger partial charge in [-0.25, -0.2) is 13.1 Å². The number of hydrogen-bond donors (Lipinski definition) is 1. The van der Waals surface area contributed by atoms with Crippen molar-refractivity contribution in [2.45, 2.75) is 75.6 Å². The summed E-state index contributed by atoms with van der Waals surface area (Å²) in [6.07, 6.45) is 10.4. The first-order valence-electron chi connectivity index (χ1n) is 15.7. The molecule has 6 atom stereocenters. The van der Waals surface area contributed by atoms with E-state index in [1.807, 2.05) is 32.0 Å². The Morgan fingerprint density at radius 1 is 1.19 bits per heavy atom. The highest BCUT2D eigenvalue weighted by atomic mass is 35.5. The fourth-order valence-corrected chi connectivity index (χ4v) is 9.84. The molecule has 1 fully saturated rings. The number of sulfonamides is 1. The molecule has 9 heteroatoms. The summed E-state index contributed by atoms with van der Waals surface area (Å²) in [4.78, 5) is 15.9. The zero-order valence-electron chi connectivity index (χ0n) is 25.4. The van der Waals surface area contributed by atoms with Crippen LogP contribution in [0.1, 0.15) is 73.9 Å². The smallest absolute Gasteiger partial charge is 0.264 e. The lowest BCUT2D eigenvalue weighted by Crippen LogP contribution is -2.49. The summed E-state index contributed by atoms with van der Waals surface area (Å²) in [5.74, 6) is 0.737. The van der Waals surface area contributed by atoms with E-state index in [2.05, 4.69) is 33.9 Å². The topological polar surface area (TPSA) is 84.9 Å². The Morgan fingerprint density at radius 2 is 2.02 bits per heavy atom. The van der Waals surface area contributed by atoms with Crippen molar-refractivity contribution in [2.75, 3.05) is 31.7 Å². The van der Waals surface area contributed by atoms with Crippen molar-refractivity contribution >= 4 is 33.2 Å². The van der Waals surface area contributed by atoms with Crippen LogP contribution in [0.15, 0.2) is 48.6 Å². The summed E-state index contributed by atoms with van der Waals surface area (Å²) in [7, 11) is -2.13. The van der Waals surface area contributed by atoms with Gasteiger partial charge in [0.25, 0.3) is 5.91 Å². The molecule has 0 saturated heterocycles. The predicted octanol–water partition coefficient (Wildman–Crippen LogP) is 6.29. The molecule has 1 N–H and O–H groups in total. The third-order valence-electron chi connectivity index (χ3n) is 10.4. The van der Waals surface area contributed by atoms with Crippen LogP contribution in [0.3, 0.4) is 0 Å². The standard InChI is InChI=1S/C34H43ClN2O5S/c1-4-32-22(2)7-5-9-30(41-3)27-13-10-25(27)19-37-20-34(16-6-8-23-17-26(35)12-14-28(23)34)21-42-31-15-11-24(18-29(31)37)33(38)36-43(32,39)40/h5,9,11-12,14-15,17-18,22,25,27,30,32H,4,6-8,10,13,16,19-21H2,1-3H3,(H,36,38)/b9-5-/t22-,25-,27+,30-,32+,34-/m0/s1. The van der Waals surface area contributed by atoms with E-state index in [1.54, 1.807) is 13.2 Å². The third kappa shape index (κ3) is 5.83. The first-order chi connectivity index (χ1) is 20.6. The summed E-state index contributed by atoms with van der Waals surface area (Å²) >= 11 is 6.41. The van der Waals surface area contributed by atoms with Crippen molar-refractivity contribution in [3.63, 3.8) is 0 Å². The Morgan fingerprint density at radius 3 is 2.77 bits per heavy atom. The molecular weight excluding hydrogens is 584 g/mol. The number of nitrogens with zero attached hydrogens (tertiary/aromatic N) is 1. The quantitative estimate of drug-likeness (QED) is 0.395. The highest BCUT2D eigenvalue weighted by molar-refractivity contribution is 7.90. The minimum Gasteiger partial charge on any atom is -0.490 e. The van der Waals surface area contributed by atoms with Crippen LogP contribution in [0.2, 0.25) is 5.02 Å². The van der Waals surface area contributed by atoms with E-state index in [9.17, 15) is 13.2 Å². The number of ether oxygens (including phenoxy) is 2. The van der Waals surface area contributed by atoms with E-state index in [0.717, 1.165) is 61.7 Å². The van der Waals surface area contributed by atoms with Gasteiger partial charge in [0, 0.05) is 36.2 Å². The second-order valence-electron chi connectivity index (χ2n) is 13.1. The average Bonchev–Trinajstić information content (AvgIpc) is 3.11. The number of anilines is 1. The van der Waals surface area contributed by atoms with Gasteiger partial charge < -0.3 is 14.4 Å². The maximum atomic E-state index is 13.5. The SMILES string of the molecule is CC[C@@H]1[C@@H](C)C/C=C\[C@H](OC)[C@@H]2CC[C@H]2CN2C[C@@]3(CCCc4cc(Cl)ccc43)COc3ccc(cc32)C(=O)NS1(=O)=O. The number of carbonyl (C=O) groups excluding carboxylic acids is 1. The molecule has 2 aromatic rings. The Labute approximate surface area is 261 Å². The Kier molecular flexibility index (Phi) is 8.57. The van der Waals surface area contributed by atoms with Crippen molar-refractivity contribution in [3.05, 3.63) is 70.3 Å². The van der Waals surface area contributed by atoms with Gasteiger partial charge in [-0.1, -0.05) is 43.7 Å². The molecule has 7 nitrogen and oxygen atoms in total. The highest BCUT2D eigenvalue weighted by Crippen LogP contribution is 2.47. The molecule has 6 rings (SSSR count). The zero-order valence-corrected chi connectivity index (χ0v) is 26.9. The molecule has 4 aliphatic rings. The predicted molar refractivity (Wildman–Crippen MR) is 171 cm³/mol. The number of halogens is 1. The lowest BCUT2D eigenvalue weighted by molar-refractivity contribution is 0.0131. The van der Waals surface area contributed by atoms with Gasteiger partial charge in [0.15, 0.2) is 0 Å². The van der Waals surface area contributed by atoms with E-state index in [-0.39, 0.29) is 17.4 Å². The van der Waals surface area contributed by atoms with Gasteiger partial charge >= 0.3 is 0 Å². The molecule has 2 aromatic carbocycles. The Balaban J connectivity index is 1.43. The van der Waals surface area contributed by atoms with Crippen molar-refractivity contribution in [1.82, 2.24) is 4.72 Å². The molecule has 2 aliphatic carbocycles. The van der Waals surface area contributed by atoms with Gasteiger partial charge in [-0.2, -0.15) is 0 Å². The molecular formula is C34H43ClN2O5S. The maximum absolute atomic E-state index is 13.5. The number of hydrogen-bond acceptors (Lipinski definition) is 6. The molecule has 1 spiro atoms. The van der Waals surface area contributed by atoms with Crippen LogP contribution in [-0.4, -0.2) is 52.5 Å². The summed E-state index contributed by atoms with van der Waals surface area (Å²) in [6, 6.07) is 11.6. The number of nitrogens with one attached hydrogen (secondary N) is 1. The van der Waals surface area contributed by atoms with Crippen molar-refractivity contribution in [1.29, 1.82) is 0 Å². The van der Waals surface area contributed by atoms with Crippen LogP contribution >= 0.6 is 11.6 Å². The summed E-state index contributed by atoms with van der Waals surface area (Å²) in [6.45, 7) is 5.86. The van der Waals surface area contributed by atoms with E-state index in [4.69, 9.17) is 21.1 Å². The Hall–Kier alpha value is -2.55. The van der Waals surface area contributed by atoms with Crippen LogP contribution < -0.4 is 14.4 Å². The number of methoxy groups -OCH3 is 1. The summed E-state index contributed by atoms with van der Waals surface area (Å²) < 4.78 is 41.9. The van der Waals surface area contributed by atoms with Gasteiger partial charge in [0.05, 0.1) is 23.6 Å². The van der Waals surface area contributed by atoms with Gasteiger partial charge in [-0.05, 0) is 104 Å². The fourth-order valence-electron chi connectivity index (χ4n) is 7.96. The number of fused-ring (bicyclic) bond motifs is 4. The van der Waals surface area contributed by atoms with Gasteiger partial charge in [-0.3, -0.25) is 4.79 Å². The van der Waals surface area contributed by atoms with Crippen LogP contribution in [-0.2, 0) is 26.6 Å². The second-order valence-corrected chi connectivity index (χ2v) is 15.4. The molecule has 232 valence electrons. The van der Waals surface area contributed by atoms with E-state index >= 15 is 0 Å². The van der Waals surface area contributed by atoms with Crippen LogP contribution in [0.4, 0.5) is 5.69 Å². The van der Waals surface area contributed by atoms with E-state index < -0.39 is 21.2 Å². The fraction of sp³-hybridized carbons (Fsp3) is 0.559. The molecule has 43 heavy (non-hydrogen) atoms. The molecule has 2 heterocycles. The molecule has 0 aromatic heterocycles. The van der Waals surface area contributed by atoms with Gasteiger partial charge in [-0.15, -0.1) is 0 Å². The zero-order chi connectivity index (χ0) is 30.4. The molecule has 2 aliphatic heterocycles. The first-order valence-corrected chi connectivity index (χ1v) is 17.6. The lowest BCUT2D eigenvalue weighted by Gasteiger charge is -2.46. The van der Waals surface area contributed by atoms with E-state index in [1.165, 1.54) is 11.1 Å². The number of benzene rings is 2. The number of rotatable bonds is 2. The minimum absolute atomic E-state index is 0.0317. The monoisotopic (exact) mass is 626 g/mol. The lowest BCUT2D eigenvalue weighted by atomic mass is 9.68. The number of allylic oxidation sites excluding steroid dienone is 1. The average molecular weight is 627 g/mol. The van der Waals surface area contributed by atoms with Crippen molar-refractivity contribution < 1.29 is 22.7 Å². The normalized spacial score (nSPS) is 32.8. The van der Waals surface area contributed by atoms with Crippen molar-refractivity contribution in [3.8, 4) is 5.75 Å². The first kappa shape index (κ1) is 30.5. The number of amides is 1. The maximum Gasteiger partial charge on any atom is 0.264 e. The largest absolute Gasteiger partial charge is 0.490 e. The summed E-state index contributed by atoms with van der Waals surface area (Å²) in [5.41, 5.74) is 3.49. The number of carbonyl (C=O) groups is 1. The highest BCUT2D eigenvalue weighted by Gasteiger charge is 2.44. The van der Waals surface area contributed by atoms with Crippen LogP contribution in [0.5, 0.6) is 5.75 Å². The molecule has 2 bridgehead atoms. The molecule has 1 saturated carbocycles. The summed E-state index contributed by atoms with van der Waals surface area (Å²) in [5, 5.41) is 0.0618. The molecule has 0 unspecified atom stereocenters. The van der Waals surface area contributed by atoms with Gasteiger partial charge in [0.1, 0.15) is 5.75 Å². The van der Waals surface area contributed by atoms with Crippen LogP contribution in [0, 0.1) is 17.8 Å². The Bertz CT molecular complexity index is 1510. The van der Waals surface area contributed by atoms with Crippen molar-refractivity contribution in [2.24, 2.45) is 17.8 Å². The van der Waals surface area contributed by atoms with E-state index in [0.29, 0.717) is 36.8 Å². The molecule has 0 radical (unpaired) electrons. The minimum atomic E-state index is -3.90. The van der Waals surface area contributed by atoms with Gasteiger partial charge in [0.2, 0.25) is 10.0 Å². The second kappa shape index (κ2) is 12.1. The number of aryl methyl sites for hydroxylation is 1.